The first-order valence-electron chi connectivity index (χ1n) is 6.17. The number of hydrogen-bond donors (Lipinski definition) is 1. The molecular formula is C13H15ClN3OP. The molecule has 1 aliphatic rings. The van der Waals surface area contributed by atoms with Gasteiger partial charge in [-0.1, -0.05) is 11.6 Å². The number of carbonyl (C=O) groups is 1. The Bertz CT molecular complexity index is 655. The van der Waals surface area contributed by atoms with Crippen LogP contribution in [0.2, 0.25) is 5.02 Å². The molecule has 4 nitrogen and oxygen atoms in total. The Morgan fingerprint density at radius 2 is 2.21 bits per heavy atom. The number of rotatable bonds is 1. The molecule has 0 radical (unpaired) electrons. The molecule has 100 valence electrons. The molecular weight excluding hydrogens is 281 g/mol. The fourth-order valence-corrected chi connectivity index (χ4v) is 3.11. The molecule has 6 heteroatoms. The third-order valence-corrected chi connectivity index (χ3v) is 4.32. The van der Waals surface area contributed by atoms with Gasteiger partial charge in [-0.2, -0.15) is 0 Å². The smallest absolute Gasteiger partial charge is 0.270 e. The maximum Gasteiger partial charge on any atom is 0.270 e. The van der Waals surface area contributed by atoms with E-state index in [-0.39, 0.29) is 11.9 Å². The Kier molecular flexibility index (Phi) is 3.25. The van der Waals surface area contributed by atoms with Gasteiger partial charge in [0.25, 0.3) is 5.91 Å². The number of likely N-dealkylation sites (tertiary alicyclic amines) is 1. The average Bonchev–Trinajstić information content (AvgIpc) is 2.93. The van der Waals surface area contributed by atoms with Crippen LogP contribution in [0.25, 0.3) is 10.9 Å². The summed E-state index contributed by atoms with van der Waals surface area (Å²) in [6.07, 6.45) is 0.870. The van der Waals surface area contributed by atoms with E-state index >= 15 is 0 Å². The van der Waals surface area contributed by atoms with E-state index in [4.69, 9.17) is 17.3 Å². The molecule has 1 amide bonds. The third-order valence-electron chi connectivity index (χ3n) is 3.53. The molecule has 2 N–H and O–H groups in total. The minimum atomic E-state index is 0.0234. The summed E-state index contributed by atoms with van der Waals surface area (Å²) >= 11 is 5.98. The Morgan fingerprint density at radius 1 is 1.42 bits per heavy atom. The lowest BCUT2D eigenvalue weighted by Gasteiger charge is -2.15. The van der Waals surface area contributed by atoms with E-state index in [9.17, 15) is 4.79 Å². The number of nitrogens with two attached hydrogens (primary N) is 1. The Hall–Kier alpha value is -1.09. The Morgan fingerprint density at radius 3 is 2.89 bits per heavy atom. The summed E-state index contributed by atoms with van der Waals surface area (Å²) in [6, 6.07) is 7.58. The molecule has 19 heavy (non-hydrogen) atoms. The first kappa shape index (κ1) is 12.9. The predicted octanol–water partition coefficient (Wildman–Crippen LogP) is 2.11. The maximum absolute atomic E-state index is 12.5. The molecule has 1 fully saturated rings. The van der Waals surface area contributed by atoms with Crippen LogP contribution in [0.5, 0.6) is 0 Å². The summed E-state index contributed by atoms with van der Waals surface area (Å²) in [6.45, 7) is 1.36. The molecule has 1 unspecified atom stereocenters. The van der Waals surface area contributed by atoms with Crippen molar-refractivity contribution in [1.82, 2.24) is 9.24 Å². The predicted molar refractivity (Wildman–Crippen MR) is 80.6 cm³/mol. The highest BCUT2D eigenvalue weighted by Gasteiger charge is 2.26. The number of fused-ring (bicyclic) bond motifs is 1. The van der Waals surface area contributed by atoms with Gasteiger partial charge in [0.2, 0.25) is 0 Å². The minimum absolute atomic E-state index is 0.0234. The minimum Gasteiger partial charge on any atom is -0.336 e. The van der Waals surface area contributed by atoms with Crippen LogP contribution in [0.4, 0.5) is 0 Å². The highest BCUT2D eigenvalue weighted by molar-refractivity contribution is 7.15. The summed E-state index contributed by atoms with van der Waals surface area (Å²) in [7, 11) is 2.58. The van der Waals surface area contributed by atoms with Crippen molar-refractivity contribution in [1.29, 1.82) is 0 Å². The van der Waals surface area contributed by atoms with Gasteiger partial charge in [0, 0.05) is 29.5 Å². The van der Waals surface area contributed by atoms with Gasteiger partial charge >= 0.3 is 0 Å². The van der Waals surface area contributed by atoms with Gasteiger partial charge < -0.3 is 15.0 Å². The number of amides is 1. The molecule has 2 atom stereocenters. The van der Waals surface area contributed by atoms with Gasteiger partial charge in [-0.3, -0.25) is 4.79 Å². The van der Waals surface area contributed by atoms with Crippen molar-refractivity contribution in [3.63, 3.8) is 0 Å². The number of halogens is 1. The normalized spacial score (nSPS) is 19.3. The van der Waals surface area contributed by atoms with Crippen molar-refractivity contribution in [3.05, 3.63) is 35.0 Å². The van der Waals surface area contributed by atoms with E-state index in [1.165, 1.54) is 0 Å². The van der Waals surface area contributed by atoms with Crippen LogP contribution in [-0.2, 0) is 0 Å². The molecule has 2 heterocycles. The van der Waals surface area contributed by atoms with Crippen LogP contribution in [0.3, 0.4) is 0 Å². The zero-order valence-corrected chi connectivity index (χ0v) is 12.3. The number of aromatic nitrogens is 1. The average molecular weight is 296 g/mol. The van der Waals surface area contributed by atoms with E-state index in [1.807, 2.05) is 28.6 Å². The monoisotopic (exact) mass is 295 g/mol. The Labute approximate surface area is 118 Å². The van der Waals surface area contributed by atoms with Gasteiger partial charge in [0.05, 0.1) is 5.52 Å². The Balaban J connectivity index is 2.00. The van der Waals surface area contributed by atoms with Gasteiger partial charge in [0.1, 0.15) is 5.69 Å². The van der Waals surface area contributed by atoms with Crippen LogP contribution in [0.15, 0.2) is 24.3 Å². The fourth-order valence-electron chi connectivity index (χ4n) is 2.51. The largest absolute Gasteiger partial charge is 0.336 e. The van der Waals surface area contributed by atoms with Crippen molar-refractivity contribution in [2.45, 2.75) is 12.5 Å². The van der Waals surface area contributed by atoms with Crippen molar-refractivity contribution in [2.75, 3.05) is 13.1 Å². The first-order valence-corrected chi connectivity index (χ1v) is 7.06. The summed E-state index contributed by atoms with van der Waals surface area (Å²) in [4.78, 5) is 14.3. The first-order chi connectivity index (χ1) is 9.06. The van der Waals surface area contributed by atoms with Crippen LogP contribution in [0.1, 0.15) is 16.9 Å². The van der Waals surface area contributed by atoms with E-state index in [0.717, 1.165) is 23.9 Å². The zero-order chi connectivity index (χ0) is 13.6. The zero-order valence-electron chi connectivity index (χ0n) is 10.3. The lowest BCUT2D eigenvalue weighted by Crippen LogP contribution is -2.32. The number of nitrogens with zero attached hydrogens (tertiary/aromatic N) is 2. The van der Waals surface area contributed by atoms with Gasteiger partial charge in [0.15, 0.2) is 0 Å². The highest BCUT2D eigenvalue weighted by atomic mass is 35.5. The fraction of sp³-hybridized carbons (Fsp3) is 0.308. The highest BCUT2D eigenvalue weighted by Crippen LogP contribution is 2.26. The standard InChI is InChI=1S/C13H15ClN3OP/c14-9-1-2-11-8(5-9)6-12(17(11)19)13(18)16-4-3-10(15)7-16/h1-2,5-6,10H,3-4,7,15,19H2/t10-/m1/s1. The summed E-state index contributed by atoms with van der Waals surface area (Å²) in [5.74, 6) is 0.0234. The van der Waals surface area contributed by atoms with Crippen molar-refractivity contribution in [2.24, 2.45) is 5.73 Å². The van der Waals surface area contributed by atoms with Crippen LogP contribution in [-0.4, -0.2) is 34.3 Å². The second-order valence-corrected chi connectivity index (χ2v) is 5.86. The molecule has 1 aromatic heterocycles. The summed E-state index contributed by atoms with van der Waals surface area (Å²) in [5, 5.41) is 1.64. The third kappa shape index (κ3) is 2.25. The number of hydrogen-bond acceptors (Lipinski definition) is 2. The van der Waals surface area contributed by atoms with Crippen molar-refractivity contribution in [3.8, 4) is 0 Å². The van der Waals surface area contributed by atoms with E-state index in [0.29, 0.717) is 17.3 Å². The summed E-state index contributed by atoms with van der Waals surface area (Å²) in [5.41, 5.74) is 7.47. The van der Waals surface area contributed by atoms with Crippen LogP contribution in [0, 0.1) is 0 Å². The van der Waals surface area contributed by atoms with E-state index < -0.39 is 0 Å². The van der Waals surface area contributed by atoms with Gasteiger partial charge in [-0.05, 0) is 40.1 Å². The van der Waals surface area contributed by atoms with Crippen LogP contribution < -0.4 is 5.73 Å². The molecule has 0 saturated carbocycles. The lowest BCUT2D eigenvalue weighted by molar-refractivity contribution is 0.0785. The second-order valence-electron chi connectivity index (χ2n) is 4.90. The molecule has 0 spiro atoms. The van der Waals surface area contributed by atoms with E-state index in [1.54, 1.807) is 4.90 Å². The molecule has 1 aromatic carbocycles. The van der Waals surface area contributed by atoms with E-state index in [2.05, 4.69) is 9.39 Å². The summed E-state index contributed by atoms with van der Waals surface area (Å²) < 4.78 is 1.83. The maximum atomic E-state index is 12.5. The molecule has 0 bridgehead atoms. The molecule has 0 aliphatic carbocycles. The molecule has 1 aliphatic heterocycles. The topological polar surface area (TPSA) is 51.3 Å². The molecule has 3 rings (SSSR count). The van der Waals surface area contributed by atoms with Crippen LogP contribution >= 0.6 is 21.0 Å². The second kappa shape index (κ2) is 4.78. The van der Waals surface area contributed by atoms with Crippen molar-refractivity contribution >= 4 is 37.8 Å². The SMILES string of the molecule is N[C@@H]1CCN(C(=O)c2cc3cc(Cl)ccc3n2P)C1. The lowest BCUT2D eigenvalue weighted by atomic mass is 10.2. The molecule has 1 saturated heterocycles. The van der Waals surface area contributed by atoms with Crippen molar-refractivity contribution < 1.29 is 4.79 Å². The quantitative estimate of drug-likeness (QED) is 0.819. The van der Waals surface area contributed by atoms with Gasteiger partial charge in [-0.25, -0.2) is 0 Å². The molecule has 2 aromatic rings. The number of benzene rings is 1. The van der Waals surface area contributed by atoms with Gasteiger partial charge in [-0.15, -0.1) is 0 Å². The number of carbonyl (C=O) groups excluding carboxylic acids is 1.